The maximum Gasteiger partial charge on any atom is 0.258 e. The van der Waals surface area contributed by atoms with Gasteiger partial charge in [0.15, 0.2) is 6.61 Å². The van der Waals surface area contributed by atoms with Crippen molar-refractivity contribution in [1.82, 2.24) is 10.6 Å². The van der Waals surface area contributed by atoms with Crippen LogP contribution in [-0.4, -0.2) is 67.1 Å². The average Bonchev–Trinajstić information content (AvgIpc) is 3.31. The second kappa shape index (κ2) is 9.28. The highest BCUT2D eigenvalue weighted by atomic mass is 19.1. The fourth-order valence-corrected chi connectivity index (χ4v) is 4.35. The van der Waals surface area contributed by atoms with E-state index in [0.29, 0.717) is 38.0 Å². The van der Waals surface area contributed by atoms with Crippen molar-refractivity contribution in [2.75, 3.05) is 19.8 Å². The van der Waals surface area contributed by atoms with Crippen LogP contribution in [0.25, 0.3) is 0 Å². The second-order valence-corrected chi connectivity index (χ2v) is 8.14. The van der Waals surface area contributed by atoms with Gasteiger partial charge in [-0.05, 0) is 49.9 Å². The first-order valence-electron chi connectivity index (χ1n) is 10.4. The maximum absolute atomic E-state index is 12.9. The van der Waals surface area contributed by atoms with Crippen LogP contribution in [0.3, 0.4) is 0 Å². The number of aliphatic hydroxyl groups excluding tert-OH is 1. The van der Waals surface area contributed by atoms with Crippen LogP contribution in [0, 0.1) is 11.7 Å². The number of amides is 2. The van der Waals surface area contributed by atoms with Crippen molar-refractivity contribution >= 4 is 11.8 Å². The number of benzene rings is 1. The first kappa shape index (κ1) is 21.0. The zero-order valence-electron chi connectivity index (χ0n) is 16.6. The van der Waals surface area contributed by atoms with Gasteiger partial charge in [0.2, 0.25) is 5.91 Å². The Hall–Kier alpha value is -2.23. The van der Waals surface area contributed by atoms with Gasteiger partial charge in [0, 0.05) is 12.0 Å². The van der Waals surface area contributed by atoms with Crippen molar-refractivity contribution in [3.05, 3.63) is 30.1 Å². The lowest BCUT2D eigenvalue weighted by Crippen LogP contribution is -2.48. The van der Waals surface area contributed by atoms with Crippen LogP contribution in [0.5, 0.6) is 5.75 Å². The molecule has 2 heterocycles. The molecule has 2 amide bonds. The minimum atomic E-state index is -0.636. The molecule has 0 spiro atoms. The summed E-state index contributed by atoms with van der Waals surface area (Å²) in [5.41, 5.74) is 0. The Balaban J connectivity index is 1.16. The van der Waals surface area contributed by atoms with E-state index in [1.54, 1.807) is 0 Å². The van der Waals surface area contributed by atoms with Gasteiger partial charge in [-0.3, -0.25) is 9.59 Å². The van der Waals surface area contributed by atoms with Crippen molar-refractivity contribution in [2.24, 2.45) is 5.92 Å². The predicted molar refractivity (Wildman–Crippen MR) is 103 cm³/mol. The Morgan fingerprint density at radius 1 is 1.03 bits per heavy atom. The molecule has 4 atom stereocenters. The van der Waals surface area contributed by atoms with E-state index in [9.17, 15) is 19.1 Å². The van der Waals surface area contributed by atoms with Gasteiger partial charge in [0.1, 0.15) is 29.9 Å². The lowest BCUT2D eigenvalue weighted by Gasteiger charge is -2.29. The Labute approximate surface area is 174 Å². The Morgan fingerprint density at radius 2 is 1.73 bits per heavy atom. The summed E-state index contributed by atoms with van der Waals surface area (Å²) in [4.78, 5) is 24.7. The lowest BCUT2D eigenvalue weighted by atomic mass is 9.85. The number of aliphatic hydroxyl groups is 1. The molecule has 1 aromatic rings. The smallest absolute Gasteiger partial charge is 0.258 e. The van der Waals surface area contributed by atoms with E-state index in [4.69, 9.17) is 14.2 Å². The highest BCUT2D eigenvalue weighted by Crippen LogP contribution is 2.29. The highest BCUT2D eigenvalue weighted by Gasteiger charge is 2.48. The second-order valence-electron chi connectivity index (χ2n) is 8.14. The molecule has 9 heteroatoms. The molecule has 2 saturated heterocycles. The van der Waals surface area contributed by atoms with Crippen molar-refractivity contribution < 1.29 is 33.3 Å². The number of carbonyl (C=O) groups excluding carboxylic acids is 2. The van der Waals surface area contributed by atoms with E-state index < -0.39 is 6.10 Å². The van der Waals surface area contributed by atoms with Crippen molar-refractivity contribution in [3.63, 3.8) is 0 Å². The zero-order valence-corrected chi connectivity index (χ0v) is 16.6. The highest BCUT2D eigenvalue weighted by molar-refractivity contribution is 5.79. The molecular formula is C21H27FN2O6. The van der Waals surface area contributed by atoms with Crippen molar-refractivity contribution in [2.45, 2.75) is 56.1 Å². The molecule has 4 rings (SSSR count). The summed E-state index contributed by atoms with van der Waals surface area (Å²) < 4.78 is 29.3. The van der Waals surface area contributed by atoms with Crippen LogP contribution in [0.4, 0.5) is 4.39 Å². The molecule has 3 fully saturated rings. The minimum Gasteiger partial charge on any atom is -0.484 e. The van der Waals surface area contributed by atoms with E-state index in [1.165, 1.54) is 24.3 Å². The minimum absolute atomic E-state index is 0.00544. The zero-order chi connectivity index (χ0) is 21.1. The number of rotatable bonds is 6. The molecule has 1 aliphatic carbocycles. The van der Waals surface area contributed by atoms with Gasteiger partial charge in [-0.2, -0.15) is 0 Å². The summed E-state index contributed by atoms with van der Waals surface area (Å²) in [5.74, 6) is -0.305. The molecule has 2 aliphatic heterocycles. The molecule has 1 aromatic carbocycles. The summed E-state index contributed by atoms with van der Waals surface area (Å²) in [6.45, 7) is 0.442. The third-order valence-corrected chi connectivity index (χ3v) is 6.00. The quantitative estimate of drug-likeness (QED) is 0.617. The van der Waals surface area contributed by atoms with Gasteiger partial charge in [0.25, 0.3) is 5.91 Å². The molecule has 3 N–H and O–H groups in total. The first-order chi connectivity index (χ1) is 14.5. The monoisotopic (exact) mass is 422 g/mol. The fourth-order valence-electron chi connectivity index (χ4n) is 4.35. The number of carbonyl (C=O) groups is 2. The number of halogens is 1. The van der Waals surface area contributed by atoms with E-state index >= 15 is 0 Å². The van der Waals surface area contributed by atoms with E-state index in [2.05, 4.69) is 10.6 Å². The van der Waals surface area contributed by atoms with E-state index in [-0.39, 0.29) is 61.1 Å². The summed E-state index contributed by atoms with van der Waals surface area (Å²) in [5, 5.41) is 15.7. The van der Waals surface area contributed by atoms with E-state index in [1.807, 2.05) is 0 Å². The fraction of sp³-hybridized carbons (Fsp3) is 0.619. The third-order valence-electron chi connectivity index (χ3n) is 6.00. The third kappa shape index (κ3) is 4.91. The van der Waals surface area contributed by atoms with Crippen LogP contribution < -0.4 is 15.4 Å². The van der Waals surface area contributed by atoms with Gasteiger partial charge in [-0.1, -0.05) is 0 Å². The molecular weight excluding hydrogens is 395 g/mol. The lowest BCUT2D eigenvalue weighted by molar-refractivity contribution is -0.127. The normalized spacial score (nSPS) is 33.0. The average molecular weight is 422 g/mol. The van der Waals surface area contributed by atoms with Crippen LogP contribution in [0.15, 0.2) is 24.3 Å². The molecule has 164 valence electrons. The summed E-state index contributed by atoms with van der Waals surface area (Å²) in [6, 6.07) is 5.27. The molecule has 0 bridgehead atoms. The van der Waals surface area contributed by atoms with Crippen LogP contribution in [-0.2, 0) is 19.1 Å². The van der Waals surface area contributed by atoms with Crippen LogP contribution in [0.2, 0.25) is 0 Å². The van der Waals surface area contributed by atoms with Crippen molar-refractivity contribution in [3.8, 4) is 5.75 Å². The maximum atomic E-state index is 12.9. The van der Waals surface area contributed by atoms with Crippen LogP contribution in [0.1, 0.15) is 25.7 Å². The van der Waals surface area contributed by atoms with E-state index in [0.717, 1.165) is 0 Å². The number of fused-ring (bicyclic) bond motifs is 1. The Bertz CT molecular complexity index is 752. The first-order valence-corrected chi connectivity index (χ1v) is 10.4. The Kier molecular flexibility index (Phi) is 6.50. The summed E-state index contributed by atoms with van der Waals surface area (Å²) in [7, 11) is 0. The van der Waals surface area contributed by atoms with Crippen molar-refractivity contribution in [1.29, 1.82) is 0 Å². The number of ether oxygens (including phenoxy) is 3. The molecule has 3 aliphatic rings. The molecule has 8 nitrogen and oxygen atoms in total. The number of hydrogen-bond acceptors (Lipinski definition) is 6. The number of nitrogens with one attached hydrogen (secondary N) is 2. The van der Waals surface area contributed by atoms with Crippen LogP contribution >= 0.6 is 0 Å². The summed E-state index contributed by atoms with van der Waals surface area (Å²) in [6.07, 6.45) is 1.50. The molecule has 0 unspecified atom stereocenters. The van der Waals surface area contributed by atoms with Gasteiger partial charge in [-0.15, -0.1) is 0 Å². The molecule has 0 radical (unpaired) electrons. The van der Waals surface area contributed by atoms with Gasteiger partial charge < -0.3 is 30.0 Å². The SMILES string of the molecule is O=C(COc1ccc(F)cc1)NC1CCC(C(=O)N[C@H]2CO[C@H]3[C@@H]2OC[C@@H]3O)CC1. The van der Waals surface area contributed by atoms with Gasteiger partial charge in [-0.25, -0.2) is 4.39 Å². The molecule has 1 saturated carbocycles. The molecule has 0 aromatic heterocycles. The predicted octanol–water partition coefficient (Wildman–Crippen LogP) is 0.523. The topological polar surface area (TPSA) is 106 Å². The summed E-state index contributed by atoms with van der Waals surface area (Å²) >= 11 is 0. The number of hydrogen-bond donors (Lipinski definition) is 3. The van der Waals surface area contributed by atoms with Gasteiger partial charge >= 0.3 is 0 Å². The molecule has 30 heavy (non-hydrogen) atoms. The van der Waals surface area contributed by atoms with Gasteiger partial charge in [0.05, 0.1) is 19.3 Å². The largest absolute Gasteiger partial charge is 0.484 e. The standard InChI is InChI=1S/C21H27FN2O6/c22-13-3-7-15(8-4-13)28-11-18(26)23-14-5-1-12(2-6-14)21(27)24-16-9-29-20-17(25)10-30-19(16)20/h3-4,7-8,12,14,16-17,19-20,25H,1-2,5-6,9-11H2,(H,23,26)(H,24,27)/t12?,14?,16-,17-,19+,20+/m0/s1. The Morgan fingerprint density at radius 3 is 2.47 bits per heavy atom.